The van der Waals surface area contributed by atoms with Crippen molar-refractivity contribution in [2.75, 3.05) is 5.75 Å². The quantitative estimate of drug-likeness (QED) is 0.174. The summed E-state index contributed by atoms with van der Waals surface area (Å²) in [6.07, 6.45) is 4.97. The van der Waals surface area contributed by atoms with Crippen LogP contribution >= 0.6 is 35.0 Å². The summed E-state index contributed by atoms with van der Waals surface area (Å²) in [5, 5.41) is 14.5. The van der Waals surface area contributed by atoms with Crippen LogP contribution in [0.4, 0.5) is 0 Å². The van der Waals surface area contributed by atoms with E-state index in [9.17, 15) is 4.79 Å². The molecule has 2 aromatic carbocycles. The second kappa shape index (κ2) is 11.2. The molecule has 4 rings (SSSR count). The third-order valence-corrected chi connectivity index (χ3v) is 5.96. The van der Waals surface area contributed by atoms with E-state index in [1.54, 1.807) is 42.8 Å². The summed E-state index contributed by atoms with van der Waals surface area (Å²) in [5.74, 6) is 1.16. The first-order valence-corrected chi connectivity index (χ1v) is 11.9. The summed E-state index contributed by atoms with van der Waals surface area (Å²) in [7, 11) is 0. The Kier molecular flexibility index (Phi) is 7.84. The first kappa shape index (κ1) is 23.8. The predicted octanol–water partition coefficient (Wildman–Crippen LogP) is 6.13. The number of hydrogen-bond acceptors (Lipinski definition) is 6. The number of halogens is 2. The van der Waals surface area contributed by atoms with Crippen molar-refractivity contribution in [2.24, 2.45) is 5.10 Å². The van der Waals surface area contributed by atoms with Crippen LogP contribution in [0.5, 0.6) is 0 Å². The molecule has 1 N–H and O–H groups in total. The van der Waals surface area contributed by atoms with Crippen molar-refractivity contribution in [1.29, 1.82) is 0 Å². The van der Waals surface area contributed by atoms with Crippen LogP contribution in [0.1, 0.15) is 12.7 Å². The molecule has 2 aromatic heterocycles. The molecule has 2 heterocycles. The maximum atomic E-state index is 12.3. The van der Waals surface area contributed by atoms with Gasteiger partial charge >= 0.3 is 0 Å². The molecule has 0 atom stereocenters. The second-order valence-electron chi connectivity index (χ2n) is 7.11. The number of hydrazone groups is 1. The number of nitrogens with zero attached hydrogens (tertiary/aromatic N) is 4. The summed E-state index contributed by atoms with van der Waals surface area (Å²) in [5.41, 5.74) is 5.01. The number of rotatable bonds is 8. The van der Waals surface area contributed by atoms with Crippen molar-refractivity contribution in [3.8, 4) is 17.1 Å². The molecule has 0 saturated heterocycles. The van der Waals surface area contributed by atoms with E-state index >= 15 is 0 Å². The molecular formula is C24H19Cl2N5O2S. The third-order valence-electron chi connectivity index (χ3n) is 4.52. The fourth-order valence-electron chi connectivity index (χ4n) is 2.98. The lowest BCUT2D eigenvalue weighted by Gasteiger charge is -2.10. The first-order valence-electron chi connectivity index (χ1n) is 10.1. The lowest BCUT2D eigenvalue weighted by molar-refractivity contribution is -0.118. The van der Waals surface area contributed by atoms with Crippen LogP contribution in [0.2, 0.25) is 10.0 Å². The minimum atomic E-state index is -0.272. The van der Waals surface area contributed by atoms with Crippen molar-refractivity contribution in [2.45, 2.75) is 12.1 Å². The minimum Gasteiger partial charge on any atom is -0.465 e. The van der Waals surface area contributed by atoms with Gasteiger partial charge in [0.05, 0.1) is 18.2 Å². The van der Waals surface area contributed by atoms with Crippen molar-refractivity contribution in [3.63, 3.8) is 0 Å². The van der Waals surface area contributed by atoms with Gasteiger partial charge in [-0.25, -0.2) is 5.43 Å². The molecule has 34 heavy (non-hydrogen) atoms. The predicted molar refractivity (Wildman–Crippen MR) is 137 cm³/mol. The molecule has 10 heteroatoms. The maximum absolute atomic E-state index is 12.3. The van der Waals surface area contributed by atoms with Gasteiger partial charge in [-0.15, -0.1) is 10.2 Å². The van der Waals surface area contributed by atoms with Crippen molar-refractivity contribution in [1.82, 2.24) is 20.2 Å². The van der Waals surface area contributed by atoms with E-state index in [1.807, 2.05) is 47.9 Å². The zero-order valence-corrected chi connectivity index (χ0v) is 20.3. The highest BCUT2D eigenvalue weighted by molar-refractivity contribution is 7.99. The monoisotopic (exact) mass is 511 g/mol. The minimum absolute atomic E-state index is 0.102. The molecule has 0 aliphatic rings. The van der Waals surface area contributed by atoms with E-state index in [-0.39, 0.29) is 11.7 Å². The van der Waals surface area contributed by atoms with Gasteiger partial charge in [0.25, 0.3) is 5.91 Å². The number of aromatic nitrogens is 3. The number of carbonyl (C=O) groups is 1. The van der Waals surface area contributed by atoms with Gasteiger partial charge in [0, 0.05) is 21.3 Å². The summed E-state index contributed by atoms with van der Waals surface area (Å²) < 4.78 is 7.13. The van der Waals surface area contributed by atoms with E-state index in [4.69, 9.17) is 27.6 Å². The van der Waals surface area contributed by atoms with Crippen molar-refractivity contribution in [3.05, 3.63) is 88.3 Å². The fourth-order valence-corrected chi connectivity index (χ4v) is 3.97. The molecule has 172 valence electrons. The zero-order chi connectivity index (χ0) is 23.9. The number of benzene rings is 2. The average molecular weight is 512 g/mol. The molecule has 7 nitrogen and oxygen atoms in total. The van der Waals surface area contributed by atoms with E-state index < -0.39 is 0 Å². The number of allylic oxidation sites excluding steroid dienone is 1. The van der Waals surface area contributed by atoms with E-state index in [1.165, 1.54) is 11.8 Å². The molecule has 0 radical (unpaired) electrons. The standard InChI is InChI=1S/C24H19Cl2N5O2S/c1-16(13-21-3-2-12-33-21)14-27-28-22(32)15-34-24-30-29-23(17-4-6-18(25)7-5-17)31(24)20-10-8-19(26)9-11-20/h2-14H,15H2,1H3,(H,28,32). The van der Waals surface area contributed by atoms with Gasteiger partial charge in [0.15, 0.2) is 11.0 Å². The highest BCUT2D eigenvalue weighted by Gasteiger charge is 2.17. The number of carbonyl (C=O) groups excluding carboxylic acids is 1. The van der Waals surface area contributed by atoms with Gasteiger partial charge in [0.1, 0.15) is 5.76 Å². The Hall–Kier alpha value is -3.33. The summed E-state index contributed by atoms with van der Waals surface area (Å²) in [6.45, 7) is 1.86. The highest BCUT2D eigenvalue weighted by atomic mass is 35.5. The second-order valence-corrected chi connectivity index (χ2v) is 8.93. The van der Waals surface area contributed by atoms with E-state index in [0.717, 1.165) is 16.8 Å². The lowest BCUT2D eigenvalue weighted by Crippen LogP contribution is -2.20. The van der Waals surface area contributed by atoms with Gasteiger partial charge in [-0.3, -0.25) is 9.36 Å². The molecular weight excluding hydrogens is 493 g/mol. The van der Waals surface area contributed by atoms with Crippen LogP contribution in [0, 0.1) is 0 Å². The summed E-state index contributed by atoms with van der Waals surface area (Å²) >= 11 is 13.3. The smallest absolute Gasteiger partial charge is 0.250 e. The molecule has 0 bridgehead atoms. The molecule has 0 saturated carbocycles. The van der Waals surface area contributed by atoms with Gasteiger partial charge in [0.2, 0.25) is 0 Å². The van der Waals surface area contributed by atoms with Crippen molar-refractivity contribution < 1.29 is 9.21 Å². The Morgan fingerprint density at radius 1 is 1.09 bits per heavy atom. The molecule has 0 spiro atoms. The molecule has 0 aliphatic heterocycles. The van der Waals surface area contributed by atoms with E-state index in [0.29, 0.717) is 26.8 Å². The summed E-state index contributed by atoms with van der Waals surface area (Å²) in [6, 6.07) is 18.3. The van der Waals surface area contributed by atoms with Crippen LogP contribution < -0.4 is 5.43 Å². The van der Waals surface area contributed by atoms with Crippen molar-refractivity contribution >= 4 is 53.2 Å². The molecule has 1 amide bonds. The average Bonchev–Trinajstić information content (AvgIpc) is 3.49. The van der Waals surface area contributed by atoms with Gasteiger partial charge in [-0.05, 0) is 79.2 Å². The first-order chi connectivity index (χ1) is 16.5. The molecule has 0 unspecified atom stereocenters. The molecule has 0 fully saturated rings. The molecule has 4 aromatic rings. The third kappa shape index (κ3) is 6.17. The summed E-state index contributed by atoms with van der Waals surface area (Å²) in [4.78, 5) is 12.3. The van der Waals surface area contributed by atoms with Gasteiger partial charge in [-0.2, -0.15) is 5.10 Å². The zero-order valence-electron chi connectivity index (χ0n) is 18.0. The number of furan rings is 1. The fraction of sp³-hybridized carbons (Fsp3) is 0.0833. The Labute approximate surface area is 210 Å². The lowest BCUT2D eigenvalue weighted by atomic mass is 10.2. The molecule has 0 aliphatic carbocycles. The Morgan fingerprint density at radius 2 is 1.79 bits per heavy atom. The largest absolute Gasteiger partial charge is 0.465 e. The van der Waals surface area contributed by atoms with Gasteiger partial charge < -0.3 is 4.42 Å². The van der Waals surface area contributed by atoms with Gasteiger partial charge in [-0.1, -0.05) is 35.0 Å². The van der Waals surface area contributed by atoms with Crippen LogP contribution in [0.25, 0.3) is 23.2 Å². The number of hydrogen-bond donors (Lipinski definition) is 1. The van der Waals surface area contributed by atoms with Crippen LogP contribution in [-0.4, -0.2) is 32.6 Å². The highest BCUT2D eigenvalue weighted by Crippen LogP contribution is 2.29. The normalized spacial score (nSPS) is 11.8. The Morgan fingerprint density at radius 3 is 2.47 bits per heavy atom. The van der Waals surface area contributed by atoms with Crippen LogP contribution in [0.15, 0.2) is 87.2 Å². The van der Waals surface area contributed by atoms with Crippen LogP contribution in [0.3, 0.4) is 0 Å². The number of nitrogens with one attached hydrogen (secondary N) is 1. The number of thioether (sulfide) groups is 1. The number of amides is 1. The van der Waals surface area contributed by atoms with Crippen LogP contribution in [-0.2, 0) is 4.79 Å². The Bertz CT molecular complexity index is 1310. The van der Waals surface area contributed by atoms with E-state index in [2.05, 4.69) is 20.7 Å². The Balaban J connectivity index is 1.48. The maximum Gasteiger partial charge on any atom is 0.250 e. The SMILES string of the molecule is CC(C=NNC(=O)CSc1nnc(-c2ccc(Cl)cc2)n1-c1ccc(Cl)cc1)=Cc1ccco1. The topological polar surface area (TPSA) is 85.3 Å².